The van der Waals surface area contributed by atoms with Gasteiger partial charge in [-0.15, -0.1) is 0 Å². The van der Waals surface area contributed by atoms with Gasteiger partial charge in [0.1, 0.15) is 0 Å². The van der Waals surface area contributed by atoms with Crippen LogP contribution in [0.25, 0.3) is 0 Å². The number of aromatic nitrogens is 1. The van der Waals surface area contributed by atoms with E-state index in [0.717, 1.165) is 15.6 Å². The van der Waals surface area contributed by atoms with Crippen LogP contribution in [0.1, 0.15) is 11.1 Å². The van der Waals surface area contributed by atoms with E-state index in [0.29, 0.717) is 12.8 Å². The normalized spacial score (nSPS) is 11.6. The van der Waals surface area contributed by atoms with Crippen molar-refractivity contribution in [3.63, 3.8) is 0 Å². The fraction of sp³-hybridized carbons (Fsp3) is 0.312. The Labute approximate surface area is 127 Å². The van der Waals surface area contributed by atoms with Crippen molar-refractivity contribution in [1.82, 2.24) is 4.98 Å². The highest BCUT2D eigenvalue weighted by Crippen LogP contribution is 2.28. The fourth-order valence-corrected chi connectivity index (χ4v) is 2.76. The number of benzene rings is 1. The first-order chi connectivity index (χ1) is 9.67. The fourth-order valence-electron chi connectivity index (χ4n) is 2.35. The van der Waals surface area contributed by atoms with Gasteiger partial charge in [0.15, 0.2) is 0 Å². The van der Waals surface area contributed by atoms with E-state index in [1.54, 1.807) is 12.4 Å². The summed E-state index contributed by atoms with van der Waals surface area (Å²) < 4.78 is 0.902. The van der Waals surface area contributed by atoms with Crippen molar-refractivity contribution in [2.24, 2.45) is 5.41 Å². The number of hydrogen-bond donors (Lipinski definition) is 2. The van der Waals surface area contributed by atoms with Crippen LogP contribution in [0.5, 0.6) is 0 Å². The van der Waals surface area contributed by atoms with Crippen molar-refractivity contribution in [2.75, 3.05) is 13.2 Å². The minimum Gasteiger partial charge on any atom is -0.396 e. The first-order valence-electron chi connectivity index (χ1n) is 6.52. The first-order valence-corrected chi connectivity index (χ1v) is 7.32. The van der Waals surface area contributed by atoms with Gasteiger partial charge < -0.3 is 10.2 Å². The van der Waals surface area contributed by atoms with Gasteiger partial charge in [0.25, 0.3) is 0 Å². The van der Waals surface area contributed by atoms with Gasteiger partial charge in [0.2, 0.25) is 0 Å². The Hall–Kier alpha value is -1.23. The van der Waals surface area contributed by atoms with E-state index in [1.807, 2.05) is 36.4 Å². The molecule has 2 N–H and O–H groups in total. The van der Waals surface area contributed by atoms with Crippen LogP contribution in [-0.2, 0) is 12.8 Å². The Balaban J connectivity index is 2.21. The average Bonchev–Trinajstić information content (AvgIpc) is 2.47. The van der Waals surface area contributed by atoms with Crippen molar-refractivity contribution in [3.8, 4) is 0 Å². The predicted molar refractivity (Wildman–Crippen MR) is 82.4 cm³/mol. The van der Waals surface area contributed by atoms with Gasteiger partial charge in [-0.05, 0) is 46.0 Å². The molecule has 0 aliphatic rings. The molecule has 2 rings (SSSR count). The Morgan fingerprint density at radius 2 is 1.60 bits per heavy atom. The van der Waals surface area contributed by atoms with E-state index < -0.39 is 5.41 Å². The van der Waals surface area contributed by atoms with Gasteiger partial charge in [0, 0.05) is 22.3 Å². The number of hydrogen-bond acceptors (Lipinski definition) is 3. The molecule has 2 aromatic rings. The molecule has 3 nitrogen and oxygen atoms in total. The molecule has 0 spiro atoms. The van der Waals surface area contributed by atoms with Gasteiger partial charge in [-0.1, -0.05) is 30.3 Å². The molecule has 1 aromatic heterocycles. The summed E-state index contributed by atoms with van der Waals surface area (Å²) in [5.41, 5.74) is 1.54. The molecule has 0 atom stereocenters. The third-order valence-electron chi connectivity index (χ3n) is 3.43. The summed E-state index contributed by atoms with van der Waals surface area (Å²) in [4.78, 5) is 4.13. The zero-order valence-corrected chi connectivity index (χ0v) is 12.8. The maximum atomic E-state index is 9.78. The monoisotopic (exact) mass is 335 g/mol. The average molecular weight is 336 g/mol. The van der Waals surface area contributed by atoms with Crippen LogP contribution >= 0.6 is 15.9 Å². The van der Waals surface area contributed by atoms with Gasteiger partial charge in [-0.2, -0.15) is 0 Å². The number of aliphatic hydroxyl groups is 2. The first kappa shape index (κ1) is 15.2. The molecular weight excluding hydrogens is 318 g/mol. The SMILES string of the molecule is OCC(CO)(Cc1ccccc1)Cc1cncc(Br)c1. The molecule has 0 radical (unpaired) electrons. The topological polar surface area (TPSA) is 53.4 Å². The lowest BCUT2D eigenvalue weighted by atomic mass is 9.78. The number of halogens is 1. The zero-order chi connectivity index (χ0) is 14.4. The summed E-state index contributed by atoms with van der Waals surface area (Å²) in [5.74, 6) is 0. The second kappa shape index (κ2) is 6.97. The Morgan fingerprint density at radius 1 is 0.950 bits per heavy atom. The quantitative estimate of drug-likeness (QED) is 0.853. The van der Waals surface area contributed by atoms with Gasteiger partial charge >= 0.3 is 0 Å². The zero-order valence-electron chi connectivity index (χ0n) is 11.2. The maximum absolute atomic E-state index is 9.78. The van der Waals surface area contributed by atoms with E-state index in [4.69, 9.17) is 0 Å². The molecular formula is C16H18BrNO2. The summed E-state index contributed by atoms with van der Waals surface area (Å²) in [5, 5.41) is 19.6. The molecule has 0 amide bonds. The van der Waals surface area contributed by atoms with E-state index in [1.165, 1.54) is 0 Å². The molecule has 0 saturated heterocycles. The minimum atomic E-state index is -0.566. The van der Waals surface area contributed by atoms with Crippen LogP contribution in [0.4, 0.5) is 0 Å². The molecule has 1 aromatic carbocycles. The summed E-state index contributed by atoms with van der Waals surface area (Å²) in [7, 11) is 0. The van der Waals surface area contributed by atoms with Crippen LogP contribution in [-0.4, -0.2) is 28.4 Å². The van der Waals surface area contributed by atoms with E-state index >= 15 is 0 Å². The lowest BCUT2D eigenvalue weighted by Gasteiger charge is -2.30. The number of nitrogens with zero attached hydrogens (tertiary/aromatic N) is 1. The van der Waals surface area contributed by atoms with Gasteiger partial charge in [-0.3, -0.25) is 4.98 Å². The summed E-state index contributed by atoms with van der Waals surface area (Å²) >= 11 is 3.39. The number of aliphatic hydroxyl groups excluding tert-OH is 2. The predicted octanol–water partition coefficient (Wildman–Crippen LogP) is 2.60. The Bertz CT molecular complexity index is 541. The number of rotatable bonds is 6. The lowest BCUT2D eigenvalue weighted by molar-refractivity contribution is 0.0547. The highest BCUT2D eigenvalue weighted by atomic mass is 79.9. The molecule has 0 aliphatic heterocycles. The molecule has 106 valence electrons. The molecule has 0 unspecified atom stereocenters. The Kier molecular flexibility index (Phi) is 5.29. The molecule has 0 bridgehead atoms. The smallest absolute Gasteiger partial charge is 0.0515 e. The summed E-state index contributed by atoms with van der Waals surface area (Å²) in [6.07, 6.45) is 4.71. The van der Waals surface area contributed by atoms with Crippen LogP contribution in [0.3, 0.4) is 0 Å². The summed E-state index contributed by atoms with van der Waals surface area (Å²) in [6, 6.07) is 11.9. The van der Waals surface area contributed by atoms with Crippen LogP contribution in [0, 0.1) is 5.41 Å². The van der Waals surface area contributed by atoms with Crippen molar-refractivity contribution < 1.29 is 10.2 Å². The van der Waals surface area contributed by atoms with E-state index in [-0.39, 0.29) is 13.2 Å². The third-order valence-corrected chi connectivity index (χ3v) is 3.87. The standard InChI is InChI=1S/C16H18BrNO2/c17-15-6-14(9-18-10-15)8-16(11-19,12-20)7-13-4-2-1-3-5-13/h1-6,9-10,19-20H,7-8,11-12H2. The Morgan fingerprint density at radius 3 is 2.20 bits per heavy atom. The largest absolute Gasteiger partial charge is 0.396 e. The molecule has 0 fully saturated rings. The molecule has 0 saturated carbocycles. The van der Waals surface area contributed by atoms with E-state index in [2.05, 4.69) is 20.9 Å². The third kappa shape index (κ3) is 3.88. The summed E-state index contributed by atoms with van der Waals surface area (Å²) in [6.45, 7) is -0.129. The van der Waals surface area contributed by atoms with Crippen molar-refractivity contribution in [2.45, 2.75) is 12.8 Å². The highest BCUT2D eigenvalue weighted by molar-refractivity contribution is 9.10. The van der Waals surface area contributed by atoms with Crippen molar-refractivity contribution in [1.29, 1.82) is 0 Å². The highest BCUT2D eigenvalue weighted by Gasteiger charge is 2.29. The van der Waals surface area contributed by atoms with Crippen LogP contribution in [0.15, 0.2) is 53.3 Å². The van der Waals surface area contributed by atoms with Crippen molar-refractivity contribution >= 4 is 15.9 Å². The van der Waals surface area contributed by atoms with E-state index in [9.17, 15) is 10.2 Å². The second-order valence-corrected chi connectivity index (χ2v) is 6.08. The number of pyridine rings is 1. The minimum absolute atomic E-state index is 0.0646. The van der Waals surface area contributed by atoms with Crippen LogP contribution < -0.4 is 0 Å². The molecule has 4 heteroatoms. The van der Waals surface area contributed by atoms with Crippen molar-refractivity contribution in [3.05, 3.63) is 64.4 Å². The van der Waals surface area contributed by atoms with Gasteiger partial charge in [0.05, 0.1) is 13.2 Å². The lowest BCUT2D eigenvalue weighted by Crippen LogP contribution is -2.34. The molecule has 1 heterocycles. The molecule has 0 aliphatic carbocycles. The second-order valence-electron chi connectivity index (χ2n) is 5.17. The van der Waals surface area contributed by atoms with Crippen LogP contribution in [0.2, 0.25) is 0 Å². The maximum Gasteiger partial charge on any atom is 0.0515 e. The van der Waals surface area contributed by atoms with Gasteiger partial charge in [-0.25, -0.2) is 0 Å². The molecule has 20 heavy (non-hydrogen) atoms.